The minimum Gasteiger partial charge on any atom is -0.506 e. The van der Waals surface area contributed by atoms with Crippen LogP contribution in [0.15, 0.2) is 106 Å². The highest BCUT2D eigenvalue weighted by molar-refractivity contribution is 7.87. The van der Waals surface area contributed by atoms with Gasteiger partial charge in [-0.3, -0.25) is 4.99 Å². The molecule has 0 saturated carbocycles. The lowest BCUT2D eigenvalue weighted by atomic mass is 10.2. The Morgan fingerprint density at radius 2 is 1.24 bits per heavy atom. The van der Waals surface area contributed by atoms with Gasteiger partial charge in [-0.25, -0.2) is 0 Å². The number of para-hydroxylation sites is 2. The average Bonchev–Trinajstić information content (AvgIpc) is 2.84. The number of phenols is 1. The third kappa shape index (κ3) is 6.35. The van der Waals surface area contributed by atoms with Crippen molar-refractivity contribution >= 4 is 32.1 Å². The molecule has 4 aromatic rings. The summed E-state index contributed by atoms with van der Waals surface area (Å²) in [5.41, 5.74) is 2.20. The van der Waals surface area contributed by atoms with Crippen molar-refractivity contribution in [1.82, 2.24) is 0 Å². The Hall–Kier alpha value is -4.15. The van der Waals surface area contributed by atoms with E-state index in [-0.39, 0.29) is 38.3 Å². The van der Waals surface area contributed by atoms with Gasteiger partial charge in [0.15, 0.2) is 5.75 Å². The van der Waals surface area contributed by atoms with Crippen LogP contribution >= 0.6 is 0 Å². The first-order valence-corrected chi connectivity index (χ1v) is 13.8. The SMILES string of the molecule is Cc1ccc(S(=O)(=O)Oc2ccc(C=Nc3ccccc3O)c(OS(=O)(=O)c3ccc(C)cc3)c2)cc1. The van der Waals surface area contributed by atoms with Crippen molar-refractivity contribution in [3.63, 3.8) is 0 Å². The minimum atomic E-state index is -4.28. The zero-order valence-corrected chi connectivity index (χ0v) is 21.5. The molecule has 0 aliphatic carbocycles. The van der Waals surface area contributed by atoms with Crippen LogP contribution in [0.3, 0.4) is 0 Å². The zero-order chi connectivity index (χ0) is 26.6. The van der Waals surface area contributed by atoms with Gasteiger partial charge in [0.1, 0.15) is 27.0 Å². The number of hydrogen-bond acceptors (Lipinski definition) is 8. The molecule has 4 rings (SSSR count). The highest BCUT2D eigenvalue weighted by Gasteiger charge is 2.21. The van der Waals surface area contributed by atoms with Gasteiger partial charge >= 0.3 is 20.2 Å². The Labute approximate surface area is 215 Å². The van der Waals surface area contributed by atoms with Crippen molar-refractivity contribution < 1.29 is 30.3 Å². The van der Waals surface area contributed by atoms with Crippen molar-refractivity contribution in [3.05, 3.63) is 108 Å². The summed E-state index contributed by atoms with van der Waals surface area (Å²) in [7, 11) is -8.47. The van der Waals surface area contributed by atoms with Crippen LogP contribution in [0.5, 0.6) is 17.2 Å². The molecule has 0 spiro atoms. The summed E-state index contributed by atoms with van der Waals surface area (Å²) in [5, 5.41) is 9.98. The van der Waals surface area contributed by atoms with Gasteiger partial charge in [0, 0.05) is 17.8 Å². The van der Waals surface area contributed by atoms with E-state index in [2.05, 4.69) is 4.99 Å². The molecule has 0 fully saturated rings. The summed E-state index contributed by atoms with van der Waals surface area (Å²) >= 11 is 0. The van der Waals surface area contributed by atoms with Crippen LogP contribution in [0, 0.1) is 13.8 Å². The van der Waals surface area contributed by atoms with E-state index in [1.807, 2.05) is 13.8 Å². The van der Waals surface area contributed by atoms with Gasteiger partial charge in [0.05, 0.1) is 0 Å². The third-order valence-electron chi connectivity index (χ3n) is 5.23. The van der Waals surface area contributed by atoms with E-state index in [0.29, 0.717) is 0 Å². The van der Waals surface area contributed by atoms with Crippen molar-refractivity contribution in [3.8, 4) is 17.2 Å². The Morgan fingerprint density at radius 3 is 1.81 bits per heavy atom. The topological polar surface area (TPSA) is 119 Å². The standard InChI is InChI=1S/C27H23NO7S2/c1-19-7-13-23(14-8-19)36(30,31)34-22-12-11-21(18-28-25-5-3-4-6-26(25)29)27(17-22)35-37(32,33)24-15-9-20(2)10-16-24/h3-18,29H,1-2H3. The van der Waals surface area contributed by atoms with E-state index in [1.54, 1.807) is 42.5 Å². The highest BCUT2D eigenvalue weighted by atomic mass is 32.2. The van der Waals surface area contributed by atoms with Gasteiger partial charge in [-0.15, -0.1) is 0 Å². The Kier molecular flexibility index (Phi) is 7.33. The molecule has 0 radical (unpaired) electrons. The van der Waals surface area contributed by atoms with Gasteiger partial charge in [-0.2, -0.15) is 16.8 Å². The van der Waals surface area contributed by atoms with Crippen molar-refractivity contribution in [2.24, 2.45) is 4.99 Å². The molecule has 4 aromatic carbocycles. The molecule has 37 heavy (non-hydrogen) atoms. The van der Waals surface area contributed by atoms with Gasteiger partial charge in [-0.1, -0.05) is 47.5 Å². The monoisotopic (exact) mass is 537 g/mol. The number of rotatable bonds is 8. The molecule has 0 bridgehead atoms. The van der Waals surface area contributed by atoms with Crippen LogP contribution in [0.4, 0.5) is 5.69 Å². The Balaban J connectivity index is 1.72. The van der Waals surface area contributed by atoms with Crippen LogP contribution < -0.4 is 8.37 Å². The molecule has 0 atom stereocenters. The average molecular weight is 538 g/mol. The maximum atomic E-state index is 13.0. The van der Waals surface area contributed by atoms with E-state index in [4.69, 9.17) is 8.37 Å². The number of aryl methyl sites for hydroxylation is 2. The van der Waals surface area contributed by atoms with E-state index in [1.165, 1.54) is 48.7 Å². The smallest absolute Gasteiger partial charge is 0.339 e. The summed E-state index contributed by atoms with van der Waals surface area (Å²) in [4.78, 5) is 4.06. The van der Waals surface area contributed by atoms with Crippen molar-refractivity contribution in [2.75, 3.05) is 0 Å². The quantitative estimate of drug-likeness (QED) is 0.239. The Morgan fingerprint density at radius 1 is 0.703 bits per heavy atom. The van der Waals surface area contributed by atoms with Crippen LogP contribution in [0.2, 0.25) is 0 Å². The minimum absolute atomic E-state index is 0.0574. The second kappa shape index (κ2) is 10.5. The summed E-state index contributed by atoms with van der Waals surface area (Å²) in [6.45, 7) is 3.64. The highest BCUT2D eigenvalue weighted by Crippen LogP contribution is 2.31. The molecule has 10 heteroatoms. The number of nitrogens with zero attached hydrogens (tertiary/aromatic N) is 1. The maximum Gasteiger partial charge on any atom is 0.339 e. The molecule has 0 amide bonds. The molecule has 190 valence electrons. The summed E-state index contributed by atoms with van der Waals surface area (Å²) in [5.74, 6) is -0.441. The van der Waals surface area contributed by atoms with E-state index < -0.39 is 20.2 Å². The molecule has 0 aromatic heterocycles. The second-order valence-electron chi connectivity index (χ2n) is 8.15. The molecule has 0 heterocycles. The van der Waals surface area contributed by atoms with E-state index in [0.717, 1.165) is 17.2 Å². The molecular formula is C27H23NO7S2. The number of hydrogen-bond donors (Lipinski definition) is 1. The van der Waals surface area contributed by atoms with Gasteiger partial charge in [0.2, 0.25) is 0 Å². The fraction of sp³-hybridized carbons (Fsp3) is 0.0741. The van der Waals surface area contributed by atoms with E-state index in [9.17, 15) is 21.9 Å². The molecule has 0 aliphatic heterocycles. The van der Waals surface area contributed by atoms with Crippen LogP contribution in [-0.4, -0.2) is 28.2 Å². The fourth-order valence-electron chi connectivity index (χ4n) is 3.21. The molecular weight excluding hydrogens is 514 g/mol. The normalized spacial score (nSPS) is 11.9. The van der Waals surface area contributed by atoms with Crippen LogP contribution in [0.25, 0.3) is 0 Å². The predicted octanol–water partition coefficient (Wildman–Crippen LogP) is 5.30. The lowest BCUT2D eigenvalue weighted by molar-refractivity contribution is 0.474. The Bertz CT molecular complexity index is 1660. The predicted molar refractivity (Wildman–Crippen MR) is 140 cm³/mol. The molecule has 1 N–H and O–H groups in total. The summed E-state index contributed by atoms with van der Waals surface area (Å²) < 4.78 is 62.1. The van der Waals surface area contributed by atoms with Crippen molar-refractivity contribution in [1.29, 1.82) is 0 Å². The molecule has 0 unspecified atom stereocenters. The maximum absolute atomic E-state index is 13.0. The first kappa shape index (κ1) is 25.9. The van der Waals surface area contributed by atoms with Gasteiger partial charge in [-0.05, 0) is 62.4 Å². The van der Waals surface area contributed by atoms with Crippen LogP contribution in [0.1, 0.15) is 16.7 Å². The fourth-order valence-corrected chi connectivity index (χ4v) is 5.08. The lowest BCUT2D eigenvalue weighted by Crippen LogP contribution is -2.12. The summed E-state index contributed by atoms with van der Waals surface area (Å²) in [6, 6.07) is 22.4. The van der Waals surface area contributed by atoms with Crippen LogP contribution in [-0.2, 0) is 20.2 Å². The zero-order valence-electron chi connectivity index (χ0n) is 19.9. The first-order chi connectivity index (χ1) is 17.5. The van der Waals surface area contributed by atoms with E-state index >= 15 is 0 Å². The lowest BCUT2D eigenvalue weighted by Gasteiger charge is -2.12. The number of phenolic OH excluding ortho intramolecular Hbond substituents is 1. The number of benzene rings is 4. The van der Waals surface area contributed by atoms with Gasteiger partial charge in [0.25, 0.3) is 0 Å². The molecule has 8 nitrogen and oxygen atoms in total. The van der Waals surface area contributed by atoms with Crippen molar-refractivity contribution in [2.45, 2.75) is 23.6 Å². The third-order valence-corrected chi connectivity index (χ3v) is 7.74. The number of aromatic hydroxyl groups is 1. The van der Waals surface area contributed by atoms with Gasteiger partial charge < -0.3 is 13.5 Å². The number of aliphatic imine (C=N–C) groups is 1. The first-order valence-electron chi connectivity index (χ1n) is 11.0. The molecule has 0 aliphatic rings. The summed E-state index contributed by atoms with van der Waals surface area (Å²) in [6.07, 6.45) is 1.30. The largest absolute Gasteiger partial charge is 0.506 e. The second-order valence-corrected chi connectivity index (χ2v) is 11.2. The molecule has 0 saturated heterocycles.